The van der Waals surface area contributed by atoms with Crippen LogP contribution < -0.4 is 0 Å². The molecule has 0 N–H and O–H groups in total. The van der Waals surface area contributed by atoms with Crippen molar-refractivity contribution in [3.8, 4) is 11.4 Å². The summed E-state index contributed by atoms with van der Waals surface area (Å²) < 4.78 is 7.94. The van der Waals surface area contributed by atoms with E-state index in [-0.39, 0.29) is 11.8 Å². The summed E-state index contributed by atoms with van der Waals surface area (Å²) in [6.07, 6.45) is 1.73. The van der Waals surface area contributed by atoms with Gasteiger partial charge < -0.3 is 9.42 Å². The molecular formula is C18H20IN5O2. The van der Waals surface area contributed by atoms with Gasteiger partial charge in [-0.2, -0.15) is 10.1 Å². The SMILES string of the molecule is Cc1nn(C)c2cc(-c3noc(C4CCN(C(=O)CI)CC4)n3)ccc12. The average Bonchev–Trinajstić information content (AvgIpc) is 3.26. The molecule has 1 aliphatic rings. The average molecular weight is 465 g/mol. The Morgan fingerprint density at radius 2 is 2.12 bits per heavy atom. The maximum Gasteiger partial charge on any atom is 0.232 e. The van der Waals surface area contributed by atoms with Gasteiger partial charge in [0.1, 0.15) is 0 Å². The molecule has 4 rings (SSSR count). The molecule has 0 saturated carbocycles. The van der Waals surface area contributed by atoms with Crippen molar-refractivity contribution in [1.82, 2.24) is 24.8 Å². The lowest BCUT2D eigenvalue weighted by Crippen LogP contribution is -2.38. The third-order valence-electron chi connectivity index (χ3n) is 5.05. The van der Waals surface area contributed by atoms with Gasteiger partial charge in [-0.25, -0.2) is 0 Å². The standard InChI is InChI=1S/C18H20IN5O2/c1-11-14-4-3-13(9-15(14)23(2)21-11)17-20-18(26-22-17)12-5-7-24(8-6-12)16(25)10-19/h3-4,9,12H,5-8,10H2,1-2H3. The van der Waals surface area contributed by atoms with Gasteiger partial charge in [0, 0.05) is 37.0 Å². The number of likely N-dealkylation sites (tertiary alicyclic amines) is 1. The molecule has 1 amide bonds. The molecule has 1 saturated heterocycles. The molecular weight excluding hydrogens is 445 g/mol. The van der Waals surface area contributed by atoms with E-state index in [2.05, 4.69) is 43.9 Å². The fourth-order valence-electron chi connectivity index (χ4n) is 3.56. The lowest BCUT2D eigenvalue weighted by Gasteiger charge is -2.29. The summed E-state index contributed by atoms with van der Waals surface area (Å²) in [6, 6.07) is 6.11. The fourth-order valence-corrected chi connectivity index (χ4v) is 4.04. The molecule has 1 aromatic carbocycles. The van der Waals surface area contributed by atoms with E-state index in [1.54, 1.807) is 0 Å². The van der Waals surface area contributed by atoms with Crippen LogP contribution in [0.2, 0.25) is 0 Å². The number of alkyl halides is 1. The first-order valence-electron chi connectivity index (χ1n) is 8.68. The van der Waals surface area contributed by atoms with Gasteiger partial charge in [0.2, 0.25) is 17.6 Å². The molecule has 1 fully saturated rings. The lowest BCUT2D eigenvalue weighted by molar-refractivity contribution is -0.129. The van der Waals surface area contributed by atoms with E-state index < -0.39 is 0 Å². The summed E-state index contributed by atoms with van der Waals surface area (Å²) in [5.41, 5.74) is 2.99. The molecule has 3 heterocycles. The number of amides is 1. The lowest BCUT2D eigenvalue weighted by atomic mass is 9.97. The van der Waals surface area contributed by atoms with E-state index in [9.17, 15) is 4.79 Å². The van der Waals surface area contributed by atoms with E-state index >= 15 is 0 Å². The summed E-state index contributed by atoms with van der Waals surface area (Å²) in [5.74, 6) is 1.70. The van der Waals surface area contributed by atoms with Gasteiger partial charge in [0.05, 0.1) is 15.6 Å². The van der Waals surface area contributed by atoms with Gasteiger partial charge in [-0.05, 0) is 25.8 Å². The Bertz CT molecular complexity index is 956. The Morgan fingerprint density at radius 3 is 2.85 bits per heavy atom. The van der Waals surface area contributed by atoms with Crippen molar-refractivity contribution in [3.63, 3.8) is 0 Å². The van der Waals surface area contributed by atoms with Gasteiger partial charge in [-0.1, -0.05) is 39.9 Å². The van der Waals surface area contributed by atoms with Gasteiger partial charge in [-0.15, -0.1) is 0 Å². The zero-order valence-electron chi connectivity index (χ0n) is 14.8. The number of halogens is 1. The van der Waals surface area contributed by atoms with Crippen molar-refractivity contribution in [2.24, 2.45) is 7.05 Å². The number of hydrogen-bond acceptors (Lipinski definition) is 5. The molecule has 8 heteroatoms. The monoisotopic (exact) mass is 465 g/mol. The van der Waals surface area contributed by atoms with Crippen LogP contribution in [0.15, 0.2) is 22.7 Å². The second kappa shape index (κ2) is 6.98. The fraction of sp³-hybridized carbons (Fsp3) is 0.444. The number of hydrogen-bond donors (Lipinski definition) is 0. The second-order valence-electron chi connectivity index (χ2n) is 6.69. The number of carbonyl (C=O) groups excluding carboxylic acids is 1. The molecule has 136 valence electrons. The molecule has 26 heavy (non-hydrogen) atoms. The van der Waals surface area contributed by atoms with E-state index in [1.807, 2.05) is 35.7 Å². The quantitative estimate of drug-likeness (QED) is 0.439. The van der Waals surface area contributed by atoms with E-state index in [0.29, 0.717) is 16.1 Å². The minimum atomic E-state index is 0.204. The van der Waals surface area contributed by atoms with Crippen LogP contribution >= 0.6 is 22.6 Å². The molecule has 3 aromatic rings. The predicted molar refractivity (Wildman–Crippen MR) is 106 cm³/mol. The topological polar surface area (TPSA) is 77.0 Å². The Morgan fingerprint density at radius 1 is 1.35 bits per heavy atom. The molecule has 0 bridgehead atoms. The van der Waals surface area contributed by atoms with Crippen molar-refractivity contribution in [2.75, 3.05) is 17.5 Å². The number of nitrogens with zero attached hydrogens (tertiary/aromatic N) is 5. The first-order chi connectivity index (χ1) is 12.6. The summed E-state index contributed by atoms with van der Waals surface area (Å²) in [7, 11) is 1.94. The highest BCUT2D eigenvalue weighted by Crippen LogP contribution is 2.30. The maximum atomic E-state index is 11.8. The highest BCUT2D eigenvalue weighted by atomic mass is 127. The Hall–Kier alpha value is -1.97. The van der Waals surface area contributed by atoms with Crippen molar-refractivity contribution in [2.45, 2.75) is 25.7 Å². The summed E-state index contributed by atoms with van der Waals surface area (Å²) in [6.45, 7) is 3.51. The molecule has 0 unspecified atom stereocenters. The third kappa shape index (κ3) is 3.10. The van der Waals surface area contributed by atoms with Crippen LogP contribution in [-0.2, 0) is 11.8 Å². The van der Waals surface area contributed by atoms with Crippen LogP contribution in [0.3, 0.4) is 0 Å². The summed E-state index contributed by atoms with van der Waals surface area (Å²) in [4.78, 5) is 18.3. The molecule has 2 aromatic heterocycles. The first-order valence-corrected chi connectivity index (χ1v) is 10.2. The smallest absolute Gasteiger partial charge is 0.232 e. The molecule has 0 atom stereocenters. The normalized spacial score (nSPS) is 15.7. The maximum absolute atomic E-state index is 11.8. The number of carbonyl (C=O) groups is 1. The van der Waals surface area contributed by atoms with Crippen molar-refractivity contribution in [1.29, 1.82) is 0 Å². The summed E-state index contributed by atoms with van der Waals surface area (Å²) in [5, 5.41) is 9.76. The van der Waals surface area contributed by atoms with Crippen LogP contribution in [0.1, 0.15) is 30.3 Å². The van der Waals surface area contributed by atoms with Crippen molar-refractivity contribution < 1.29 is 9.32 Å². The summed E-state index contributed by atoms with van der Waals surface area (Å²) >= 11 is 2.11. The van der Waals surface area contributed by atoms with Crippen molar-refractivity contribution >= 4 is 39.4 Å². The van der Waals surface area contributed by atoms with Crippen LogP contribution in [0.5, 0.6) is 0 Å². The van der Waals surface area contributed by atoms with Crippen LogP contribution in [0.25, 0.3) is 22.3 Å². The van der Waals surface area contributed by atoms with Gasteiger partial charge >= 0.3 is 0 Å². The number of aromatic nitrogens is 4. The van der Waals surface area contributed by atoms with E-state index in [0.717, 1.165) is 48.1 Å². The van der Waals surface area contributed by atoms with Gasteiger partial charge in [0.25, 0.3) is 0 Å². The van der Waals surface area contributed by atoms with Crippen molar-refractivity contribution in [3.05, 3.63) is 29.8 Å². The van der Waals surface area contributed by atoms with Crippen LogP contribution in [-0.4, -0.2) is 48.2 Å². The second-order valence-corrected chi connectivity index (χ2v) is 7.45. The molecule has 1 aliphatic heterocycles. The number of aryl methyl sites for hydroxylation is 2. The first kappa shape index (κ1) is 17.4. The van der Waals surface area contributed by atoms with Gasteiger partial charge in [0.15, 0.2) is 0 Å². The van der Waals surface area contributed by atoms with E-state index in [4.69, 9.17) is 4.52 Å². The minimum absolute atomic E-state index is 0.204. The highest BCUT2D eigenvalue weighted by Gasteiger charge is 2.27. The minimum Gasteiger partial charge on any atom is -0.342 e. The third-order valence-corrected chi connectivity index (χ3v) is 5.70. The number of fused-ring (bicyclic) bond motifs is 1. The number of rotatable bonds is 3. The van der Waals surface area contributed by atoms with Crippen LogP contribution in [0, 0.1) is 6.92 Å². The molecule has 0 spiro atoms. The van der Waals surface area contributed by atoms with Gasteiger partial charge in [-0.3, -0.25) is 9.48 Å². The Labute approximate surface area is 164 Å². The zero-order valence-corrected chi connectivity index (χ0v) is 16.9. The number of piperidine rings is 1. The molecule has 7 nitrogen and oxygen atoms in total. The number of benzene rings is 1. The molecule has 0 aliphatic carbocycles. The Kier molecular flexibility index (Phi) is 4.68. The van der Waals surface area contributed by atoms with E-state index in [1.165, 1.54) is 0 Å². The zero-order chi connectivity index (χ0) is 18.3. The molecule has 0 radical (unpaired) electrons. The predicted octanol–water partition coefficient (Wildman–Crippen LogP) is 3.07. The van der Waals surface area contributed by atoms with Crippen LogP contribution in [0.4, 0.5) is 0 Å². The highest BCUT2D eigenvalue weighted by molar-refractivity contribution is 14.1. The largest absolute Gasteiger partial charge is 0.342 e. The Balaban J connectivity index is 1.53.